The summed E-state index contributed by atoms with van der Waals surface area (Å²) in [6, 6.07) is 22.6. The molecule has 0 saturated carbocycles. The van der Waals surface area contributed by atoms with Gasteiger partial charge in [-0.15, -0.1) is 0 Å². The van der Waals surface area contributed by atoms with E-state index in [9.17, 15) is 9.59 Å². The molecule has 0 atom stereocenters. The molecule has 0 bridgehead atoms. The minimum atomic E-state index is -0.0120. The second-order valence-corrected chi connectivity index (χ2v) is 8.01. The van der Waals surface area contributed by atoms with Crippen LogP contribution < -0.4 is 10.2 Å². The van der Waals surface area contributed by atoms with Crippen LogP contribution in [0.2, 0.25) is 0 Å². The number of carbonyl (C=O) groups excluding carboxylic acids is 2. The first-order valence-corrected chi connectivity index (χ1v) is 11.0. The fourth-order valence-electron chi connectivity index (χ4n) is 4.14. The summed E-state index contributed by atoms with van der Waals surface area (Å²) >= 11 is 0. The van der Waals surface area contributed by atoms with Gasteiger partial charge in [-0.3, -0.25) is 9.59 Å². The van der Waals surface area contributed by atoms with E-state index >= 15 is 0 Å². The van der Waals surface area contributed by atoms with Gasteiger partial charge in [0.1, 0.15) is 0 Å². The third-order valence-corrected chi connectivity index (χ3v) is 5.94. The van der Waals surface area contributed by atoms with Crippen LogP contribution in [0.4, 0.5) is 5.69 Å². The number of rotatable bonds is 8. The molecule has 1 aliphatic rings. The molecule has 0 spiro atoms. The second-order valence-electron chi connectivity index (χ2n) is 8.01. The van der Waals surface area contributed by atoms with Crippen molar-refractivity contribution in [2.24, 2.45) is 0 Å². The zero-order chi connectivity index (χ0) is 21.6. The molecule has 4 rings (SSSR count). The summed E-state index contributed by atoms with van der Waals surface area (Å²) in [7, 11) is 0. The molecule has 1 aliphatic heterocycles. The zero-order valence-electron chi connectivity index (χ0n) is 18.0. The van der Waals surface area contributed by atoms with Crippen LogP contribution >= 0.6 is 0 Å². The third-order valence-electron chi connectivity index (χ3n) is 5.94. The fraction of sp³-hybridized carbons (Fsp3) is 0.308. The summed E-state index contributed by atoms with van der Waals surface area (Å²) in [5.74, 6) is 0.204. The van der Waals surface area contributed by atoms with Crippen molar-refractivity contribution >= 4 is 28.3 Å². The Kier molecular flexibility index (Phi) is 6.51. The number of carbonyl (C=O) groups is 2. The molecule has 160 valence electrons. The van der Waals surface area contributed by atoms with Gasteiger partial charge in [0.15, 0.2) is 0 Å². The van der Waals surface area contributed by atoms with Crippen molar-refractivity contribution in [1.29, 1.82) is 0 Å². The standard InChI is InChI=1S/C26H29N3O2/c1-2-28(24-14-13-20-8-3-4-9-21(20)16-24)19-25(30)27-17-22-10-5-6-11-23(22)18-29-15-7-12-26(29)31/h3-6,8-11,13-14,16H,2,7,12,15,17-19H2,1H3,(H,27,30). The lowest BCUT2D eigenvalue weighted by atomic mass is 10.1. The Balaban J connectivity index is 1.38. The van der Waals surface area contributed by atoms with Gasteiger partial charge in [-0.05, 0) is 47.4 Å². The van der Waals surface area contributed by atoms with E-state index in [4.69, 9.17) is 0 Å². The van der Waals surface area contributed by atoms with Gasteiger partial charge in [-0.25, -0.2) is 0 Å². The molecule has 2 amide bonds. The number of anilines is 1. The predicted molar refractivity (Wildman–Crippen MR) is 125 cm³/mol. The number of nitrogens with one attached hydrogen (secondary N) is 1. The number of amides is 2. The van der Waals surface area contributed by atoms with Crippen molar-refractivity contribution in [1.82, 2.24) is 10.2 Å². The van der Waals surface area contributed by atoms with Crippen molar-refractivity contribution in [3.63, 3.8) is 0 Å². The van der Waals surface area contributed by atoms with Crippen LogP contribution in [0.5, 0.6) is 0 Å². The van der Waals surface area contributed by atoms with Gasteiger partial charge in [-0.1, -0.05) is 54.6 Å². The molecule has 1 fully saturated rings. The number of benzene rings is 3. The van der Waals surface area contributed by atoms with Gasteiger partial charge in [0.2, 0.25) is 11.8 Å². The van der Waals surface area contributed by atoms with E-state index in [1.807, 2.05) is 41.3 Å². The minimum Gasteiger partial charge on any atom is -0.362 e. The molecule has 5 heteroatoms. The molecule has 0 radical (unpaired) electrons. The van der Waals surface area contributed by atoms with Crippen LogP contribution in [-0.2, 0) is 22.7 Å². The molecule has 1 heterocycles. The maximum atomic E-state index is 12.7. The van der Waals surface area contributed by atoms with Gasteiger partial charge in [0.25, 0.3) is 0 Å². The Bertz CT molecular complexity index is 1080. The van der Waals surface area contributed by atoms with Gasteiger partial charge < -0.3 is 15.1 Å². The molecular formula is C26H29N3O2. The Morgan fingerprint density at radius 2 is 1.74 bits per heavy atom. The number of fused-ring (bicyclic) bond motifs is 1. The lowest BCUT2D eigenvalue weighted by Gasteiger charge is -2.23. The first-order chi connectivity index (χ1) is 15.1. The topological polar surface area (TPSA) is 52.7 Å². The van der Waals surface area contributed by atoms with Crippen molar-refractivity contribution < 1.29 is 9.59 Å². The van der Waals surface area contributed by atoms with Crippen LogP contribution in [0.3, 0.4) is 0 Å². The Morgan fingerprint density at radius 3 is 2.48 bits per heavy atom. The SMILES string of the molecule is CCN(CC(=O)NCc1ccccc1CN1CCCC1=O)c1ccc2ccccc2c1. The number of hydrogen-bond acceptors (Lipinski definition) is 3. The summed E-state index contributed by atoms with van der Waals surface area (Å²) in [6.07, 6.45) is 1.57. The monoisotopic (exact) mass is 415 g/mol. The lowest BCUT2D eigenvalue weighted by molar-refractivity contribution is -0.128. The Morgan fingerprint density at radius 1 is 1.00 bits per heavy atom. The highest BCUT2D eigenvalue weighted by Gasteiger charge is 2.21. The highest BCUT2D eigenvalue weighted by molar-refractivity contribution is 5.87. The molecule has 1 saturated heterocycles. The van der Waals surface area contributed by atoms with Crippen LogP contribution in [0.25, 0.3) is 10.8 Å². The molecule has 0 aromatic heterocycles. The summed E-state index contributed by atoms with van der Waals surface area (Å²) in [5, 5.41) is 5.43. The second kappa shape index (κ2) is 9.65. The third kappa shape index (κ3) is 5.05. The van der Waals surface area contributed by atoms with E-state index in [-0.39, 0.29) is 11.8 Å². The first kappa shape index (κ1) is 20.9. The average Bonchev–Trinajstić information content (AvgIpc) is 3.20. The first-order valence-electron chi connectivity index (χ1n) is 11.0. The van der Waals surface area contributed by atoms with Gasteiger partial charge in [-0.2, -0.15) is 0 Å². The van der Waals surface area contributed by atoms with Crippen molar-refractivity contribution in [2.45, 2.75) is 32.9 Å². The highest BCUT2D eigenvalue weighted by Crippen LogP contribution is 2.22. The fourth-order valence-corrected chi connectivity index (χ4v) is 4.14. The number of nitrogens with zero attached hydrogens (tertiary/aromatic N) is 2. The van der Waals surface area contributed by atoms with Crippen LogP contribution in [-0.4, -0.2) is 36.3 Å². The molecule has 3 aromatic rings. The summed E-state index contributed by atoms with van der Waals surface area (Å²) < 4.78 is 0. The van der Waals surface area contributed by atoms with Gasteiger partial charge >= 0.3 is 0 Å². The normalized spacial score (nSPS) is 13.6. The molecule has 3 aromatic carbocycles. The van der Waals surface area contributed by atoms with E-state index < -0.39 is 0 Å². The average molecular weight is 416 g/mol. The number of likely N-dealkylation sites (N-methyl/N-ethyl adjacent to an activating group) is 1. The van der Waals surface area contributed by atoms with E-state index in [0.29, 0.717) is 26.1 Å². The smallest absolute Gasteiger partial charge is 0.239 e. The van der Waals surface area contributed by atoms with Crippen LogP contribution in [0, 0.1) is 0 Å². The molecule has 5 nitrogen and oxygen atoms in total. The van der Waals surface area contributed by atoms with E-state index in [1.165, 1.54) is 10.8 Å². The number of hydrogen-bond donors (Lipinski definition) is 1. The Labute approximate surface area is 183 Å². The predicted octanol–water partition coefficient (Wildman–Crippen LogP) is 4.10. The largest absolute Gasteiger partial charge is 0.362 e. The van der Waals surface area contributed by atoms with E-state index in [0.717, 1.165) is 36.3 Å². The van der Waals surface area contributed by atoms with E-state index in [1.54, 1.807) is 0 Å². The quantitative estimate of drug-likeness (QED) is 0.603. The van der Waals surface area contributed by atoms with Gasteiger partial charge in [0, 0.05) is 38.3 Å². The zero-order valence-corrected chi connectivity index (χ0v) is 18.0. The van der Waals surface area contributed by atoms with E-state index in [2.05, 4.69) is 47.5 Å². The van der Waals surface area contributed by atoms with Crippen molar-refractivity contribution in [2.75, 3.05) is 24.5 Å². The highest BCUT2D eigenvalue weighted by atomic mass is 16.2. The summed E-state index contributed by atoms with van der Waals surface area (Å²) in [6.45, 7) is 5.01. The molecule has 0 aliphatic carbocycles. The van der Waals surface area contributed by atoms with Crippen molar-refractivity contribution in [3.8, 4) is 0 Å². The maximum Gasteiger partial charge on any atom is 0.239 e. The molecular weight excluding hydrogens is 386 g/mol. The maximum absolute atomic E-state index is 12.7. The summed E-state index contributed by atoms with van der Waals surface area (Å²) in [5.41, 5.74) is 3.20. The van der Waals surface area contributed by atoms with Crippen LogP contribution in [0.1, 0.15) is 30.9 Å². The minimum absolute atomic E-state index is 0.0120. The van der Waals surface area contributed by atoms with Gasteiger partial charge in [0.05, 0.1) is 6.54 Å². The number of likely N-dealkylation sites (tertiary alicyclic amines) is 1. The van der Waals surface area contributed by atoms with Crippen molar-refractivity contribution in [3.05, 3.63) is 77.9 Å². The van der Waals surface area contributed by atoms with Crippen LogP contribution in [0.15, 0.2) is 66.7 Å². The molecule has 31 heavy (non-hydrogen) atoms. The Hall–Kier alpha value is -3.34. The molecule has 0 unspecified atom stereocenters. The summed E-state index contributed by atoms with van der Waals surface area (Å²) in [4.78, 5) is 28.7. The molecule has 1 N–H and O–H groups in total. The lowest BCUT2D eigenvalue weighted by Crippen LogP contribution is -2.37.